The fourth-order valence-electron chi connectivity index (χ4n) is 3.52. The maximum Gasteiger partial charge on any atom is 0.224 e. The number of hydrogen-bond acceptors (Lipinski definition) is 4. The van der Waals surface area contributed by atoms with Crippen molar-refractivity contribution in [2.24, 2.45) is 11.8 Å². The van der Waals surface area contributed by atoms with Crippen molar-refractivity contribution in [3.63, 3.8) is 0 Å². The van der Waals surface area contributed by atoms with Crippen molar-refractivity contribution in [2.75, 3.05) is 22.1 Å². The molecule has 2 aromatic carbocycles. The van der Waals surface area contributed by atoms with E-state index < -0.39 is 33.5 Å². The van der Waals surface area contributed by atoms with Crippen LogP contribution in [0.5, 0.6) is 0 Å². The topological polar surface area (TPSA) is 92.3 Å². The molecule has 166 valence electrons. The molecule has 2 aromatic rings. The van der Waals surface area contributed by atoms with E-state index in [0.717, 1.165) is 0 Å². The maximum atomic E-state index is 12.5. The van der Waals surface area contributed by atoms with Crippen molar-refractivity contribution in [3.05, 3.63) is 56.5 Å². The summed E-state index contributed by atoms with van der Waals surface area (Å²) in [6.45, 7) is 0. The van der Waals surface area contributed by atoms with Crippen molar-refractivity contribution < 1.29 is 18.0 Å². The minimum Gasteiger partial charge on any atom is -0.325 e. The molecule has 31 heavy (non-hydrogen) atoms. The van der Waals surface area contributed by atoms with Gasteiger partial charge in [0.25, 0.3) is 0 Å². The summed E-state index contributed by atoms with van der Waals surface area (Å²) >= 11 is 24.1. The number of amides is 2. The SMILES string of the molecule is O=C(C[C@@H]1CS(=O)(=O)C[C@@H]1CC(=O)Nc1cccc(Cl)c1Cl)Nc1cccc(Cl)c1Cl. The molecule has 3 rings (SSSR count). The first-order valence-electron chi connectivity index (χ1n) is 9.24. The summed E-state index contributed by atoms with van der Waals surface area (Å²) in [4.78, 5) is 25.0. The highest BCUT2D eigenvalue weighted by molar-refractivity contribution is 7.91. The monoisotopic (exact) mass is 522 g/mol. The van der Waals surface area contributed by atoms with Crippen LogP contribution in [-0.2, 0) is 19.4 Å². The Labute approximate surface area is 200 Å². The van der Waals surface area contributed by atoms with E-state index in [1.165, 1.54) is 0 Å². The Morgan fingerprint density at radius 1 is 0.774 bits per heavy atom. The zero-order chi connectivity index (χ0) is 22.8. The molecule has 0 saturated carbocycles. The Morgan fingerprint density at radius 2 is 1.16 bits per heavy atom. The number of hydrogen-bond donors (Lipinski definition) is 2. The van der Waals surface area contributed by atoms with Crippen molar-refractivity contribution in [2.45, 2.75) is 12.8 Å². The van der Waals surface area contributed by atoms with Crippen LogP contribution in [0.1, 0.15) is 12.8 Å². The third kappa shape index (κ3) is 6.26. The van der Waals surface area contributed by atoms with Gasteiger partial charge in [0.1, 0.15) is 0 Å². The molecule has 1 saturated heterocycles. The Balaban J connectivity index is 1.66. The van der Waals surface area contributed by atoms with Gasteiger partial charge >= 0.3 is 0 Å². The van der Waals surface area contributed by atoms with Crippen LogP contribution in [0.2, 0.25) is 20.1 Å². The number of anilines is 2. The van der Waals surface area contributed by atoms with E-state index in [0.29, 0.717) is 11.4 Å². The highest BCUT2D eigenvalue weighted by Crippen LogP contribution is 2.34. The lowest BCUT2D eigenvalue weighted by molar-refractivity contribution is -0.119. The van der Waals surface area contributed by atoms with Gasteiger partial charge in [0.15, 0.2) is 9.84 Å². The molecule has 0 radical (unpaired) electrons. The fourth-order valence-corrected chi connectivity index (χ4v) is 6.44. The van der Waals surface area contributed by atoms with Gasteiger partial charge in [-0.1, -0.05) is 58.5 Å². The molecular weight excluding hydrogens is 506 g/mol. The number of carbonyl (C=O) groups excluding carboxylic acids is 2. The van der Waals surface area contributed by atoms with Gasteiger partial charge in [-0.3, -0.25) is 9.59 Å². The second-order valence-corrected chi connectivity index (χ2v) is 11.0. The molecule has 0 bridgehead atoms. The van der Waals surface area contributed by atoms with Crippen molar-refractivity contribution in [3.8, 4) is 0 Å². The maximum absolute atomic E-state index is 12.5. The highest BCUT2D eigenvalue weighted by atomic mass is 35.5. The lowest BCUT2D eigenvalue weighted by Gasteiger charge is -2.18. The Kier molecular flexibility index (Phi) is 7.76. The molecule has 11 heteroatoms. The zero-order valence-electron chi connectivity index (χ0n) is 16.0. The Hall–Kier alpha value is -1.51. The van der Waals surface area contributed by atoms with Crippen LogP contribution in [0.3, 0.4) is 0 Å². The number of sulfone groups is 1. The van der Waals surface area contributed by atoms with Gasteiger partial charge in [-0.25, -0.2) is 8.42 Å². The van der Waals surface area contributed by atoms with E-state index in [-0.39, 0.29) is 44.4 Å². The molecule has 0 spiro atoms. The molecule has 1 heterocycles. The molecule has 0 aromatic heterocycles. The van der Waals surface area contributed by atoms with Crippen LogP contribution in [0.4, 0.5) is 11.4 Å². The Morgan fingerprint density at radius 3 is 1.55 bits per heavy atom. The first-order valence-corrected chi connectivity index (χ1v) is 12.6. The molecular formula is C20H18Cl4N2O4S. The third-order valence-electron chi connectivity index (χ3n) is 4.95. The van der Waals surface area contributed by atoms with E-state index in [9.17, 15) is 18.0 Å². The second-order valence-electron chi connectivity index (χ2n) is 7.30. The lowest BCUT2D eigenvalue weighted by Crippen LogP contribution is -2.25. The van der Waals surface area contributed by atoms with Crippen LogP contribution in [0.25, 0.3) is 0 Å². The number of halogens is 4. The number of benzene rings is 2. The van der Waals surface area contributed by atoms with Gasteiger partial charge < -0.3 is 10.6 Å². The van der Waals surface area contributed by atoms with E-state index in [1.807, 2.05) is 0 Å². The number of carbonyl (C=O) groups is 2. The fraction of sp³-hybridized carbons (Fsp3) is 0.300. The first-order chi connectivity index (χ1) is 14.6. The smallest absolute Gasteiger partial charge is 0.224 e. The molecule has 0 aliphatic carbocycles. The largest absolute Gasteiger partial charge is 0.325 e. The molecule has 6 nitrogen and oxygen atoms in total. The summed E-state index contributed by atoms with van der Waals surface area (Å²) in [5.41, 5.74) is 0.676. The van der Waals surface area contributed by atoms with Gasteiger partial charge in [0.2, 0.25) is 11.8 Å². The molecule has 0 unspecified atom stereocenters. The molecule has 2 amide bonds. The van der Waals surface area contributed by atoms with Gasteiger partial charge in [-0.15, -0.1) is 0 Å². The van der Waals surface area contributed by atoms with Gasteiger partial charge in [0, 0.05) is 12.8 Å². The lowest BCUT2D eigenvalue weighted by atomic mass is 9.89. The standard InChI is InChI=1S/C20H18Cl4N2O4S/c21-13-3-1-5-15(19(13)23)25-17(27)7-11-9-31(29,30)10-12(11)8-18(28)26-16-6-2-4-14(22)20(16)24/h1-6,11-12H,7-10H2,(H,25,27)(H,26,28)/t11-,12+. The molecule has 1 aliphatic rings. The summed E-state index contributed by atoms with van der Waals surface area (Å²) in [5.74, 6) is -2.17. The average Bonchev–Trinajstić information content (AvgIpc) is 2.95. The minimum atomic E-state index is -3.37. The summed E-state index contributed by atoms with van der Waals surface area (Å²) < 4.78 is 24.4. The zero-order valence-corrected chi connectivity index (χ0v) is 19.8. The molecule has 1 fully saturated rings. The van der Waals surface area contributed by atoms with E-state index in [2.05, 4.69) is 10.6 Å². The van der Waals surface area contributed by atoms with Crippen molar-refractivity contribution >= 4 is 79.4 Å². The second kappa shape index (κ2) is 9.96. The molecule has 2 atom stereocenters. The minimum absolute atomic E-state index is 0.0715. The van der Waals surface area contributed by atoms with E-state index in [1.54, 1.807) is 36.4 Å². The summed E-state index contributed by atoms with van der Waals surface area (Å²) in [6, 6.07) is 9.64. The van der Waals surface area contributed by atoms with Crippen LogP contribution in [0, 0.1) is 11.8 Å². The summed E-state index contributed by atoms with van der Waals surface area (Å²) in [5, 5.41) is 6.28. The van der Waals surface area contributed by atoms with Gasteiger partial charge in [-0.05, 0) is 36.1 Å². The van der Waals surface area contributed by atoms with Crippen LogP contribution >= 0.6 is 46.4 Å². The van der Waals surface area contributed by atoms with Gasteiger partial charge in [0.05, 0.1) is 43.0 Å². The third-order valence-corrected chi connectivity index (χ3v) is 8.46. The van der Waals surface area contributed by atoms with E-state index in [4.69, 9.17) is 46.4 Å². The normalized spacial score (nSPS) is 19.7. The average molecular weight is 524 g/mol. The van der Waals surface area contributed by atoms with Crippen LogP contribution in [-0.4, -0.2) is 31.7 Å². The predicted molar refractivity (Wildman–Crippen MR) is 125 cm³/mol. The van der Waals surface area contributed by atoms with Crippen molar-refractivity contribution in [1.29, 1.82) is 0 Å². The Bertz CT molecular complexity index is 1040. The number of rotatable bonds is 6. The van der Waals surface area contributed by atoms with Crippen LogP contribution < -0.4 is 10.6 Å². The quantitative estimate of drug-likeness (QED) is 0.536. The molecule has 2 N–H and O–H groups in total. The highest BCUT2D eigenvalue weighted by Gasteiger charge is 2.39. The number of nitrogens with one attached hydrogen (secondary N) is 2. The summed E-state index contributed by atoms with van der Waals surface area (Å²) in [7, 11) is -3.37. The predicted octanol–water partition coefficient (Wildman–Crippen LogP) is 5.32. The summed E-state index contributed by atoms with van der Waals surface area (Å²) in [6.07, 6.45) is -0.143. The van der Waals surface area contributed by atoms with Crippen molar-refractivity contribution in [1.82, 2.24) is 0 Å². The first kappa shape index (κ1) is 24.1. The van der Waals surface area contributed by atoms with E-state index >= 15 is 0 Å². The van der Waals surface area contributed by atoms with Gasteiger partial charge in [-0.2, -0.15) is 0 Å². The molecule has 1 aliphatic heterocycles. The van der Waals surface area contributed by atoms with Crippen LogP contribution in [0.15, 0.2) is 36.4 Å².